The van der Waals surface area contributed by atoms with Gasteiger partial charge in [-0.25, -0.2) is 0 Å². The van der Waals surface area contributed by atoms with Crippen LogP contribution < -0.4 is 0 Å². The minimum Gasteiger partial charge on any atom is -0.0654 e. The van der Waals surface area contributed by atoms with Crippen LogP contribution in [-0.4, -0.2) is 0 Å². The topological polar surface area (TPSA) is 0 Å². The van der Waals surface area contributed by atoms with Gasteiger partial charge in [0.15, 0.2) is 0 Å². The van der Waals surface area contributed by atoms with Gasteiger partial charge < -0.3 is 0 Å². The Morgan fingerprint density at radius 1 is 0.680 bits per heavy atom. The second kappa shape index (κ2) is 13.4. The first kappa shape index (κ1) is 20.5. The van der Waals surface area contributed by atoms with E-state index in [-0.39, 0.29) is 0 Å². The highest BCUT2D eigenvalue weighted by atomic mass is 14.3. The van der Waals surface area contributed by atoms with Crippen LogP contribution in [0.15, 0.2) is 24.3 Å². The Bertz CT molecular complexity index is 433. The molecule has 0 fully saturated rings. The first-order valence-corrected chi connectivity index (χ1v) is 11.5. The third-order valence-electron chi connectivity index (χ3n) is 6.16. The SMILES string of the molecule is CCCCCCCCCCCCCCCC[C@@H]1CCc2ccccc21. The average molecular weight is 343 g/mol. The Labute approximate surface area is 157 Å². The molecule has 1 aliphatic rings. The molecule has 0 N–H and O–H groups in total. The highest BCUT2D eigenvalue weighted by molar-refractivity contribution is 5.34. The fraction of sp³-hybridized carbons (Fsp3) is 0.760. The molecule has 0 aliphatic heterocycles. The van der Waals surface area contributed by atoms with Crippen molar-refractivity contribution in [2.75, 3.05) is 0 Å². The summed E-state index contributed by atoms with van der Waals surface area (Å²) < 4.78 is 0. The number of benzene rings is 1. The van der Waals surface area contributed by atoms with E-state index in [9.17, 15) is 0 Å². The minimum absolute atomic E-state index is 0.869. The molecule has 0 spiro atoms. The Balaban J connectivity index is 1.34. The maximum Gasteiger partial charge on any atom is -0.0156 e. The van der Waals surface area contributed by atoms with E-state index < -0.39 is 0 Å². The van der Waals surface area contributed by atoms with Crippen molar-refractivity contribution in [3.63, 3.8) is 0 Å². The molecule has 0 aromatic heterocycles. The van der Waals surface area contributed by atoms with Crippen LogP contribution in [0.4, 0.5) is 0 Å². The molecular weight excluding hydrogens is 300 g/mol. The standard InChI is InChI=1S/C25H42/c1-2-3-4-5-6-7-8-9-10-11-12-13-14-15-18-23-21-22-24-19-16-17-20-25(23)24/h16-17,19-20,23H,2-15,18,21-22H2,1H3/t23-/m1/s1. The first-order valence-electron chi connectivity index (χ1n) is 11.5. The fourth-order valence-electron chi connectivity index (χ4n) is 4.53. The molecule has 0 saturated heterocycles. The molecule has 0 heterocycles. The van der Waals surface area contributed by atoms with Crippen LogP contribution in [0.3, 0.4) is 0 Å². The lowest BCUT2D eigenvalue weighted by Crippen LogP contribution is -1.93. The number of unbranched alkanes of at least 4 members (excludes halogenated alkanes) is 13. The minimum atomic E-state index is 0.869. The van der Waals surface area contributed by atoms with Crippen molar-refractivity contribution in [1.29, 1.82) is 0 Å². The summed E-state index contributed by atoms with van der Waals surface area (Å²) in [6.07, 6.45) is 24.6. The van der Waals surface area contributed by atoms with E-state index in [1.165, 1.54) is 109 Å². The monoisotopic (exact) mass is 342 g/mol. The van der Waals surface area contributed by atoms with E-state index in [1.54, 1.807) is 11.1 Å². The lowest BCUT2D eigenvalue weighted by molar-refractivity contribution is 0.516. The smallest absolute Gasteiger partial charge is 0.0156 e. The van der Waals surface area contributed by atoms with Crippen molar-refractivity contribution in [2.24, 2.45) is 0 Å². The maximum absolute atomic E-state index is 2.37. The van der Waals surface area contributed by atoms with Crippen molar-refractivity contribution in [3.05, 3.63) is 35.4 Å². The fourth-order valence-corrected chi connectivity index (χ4v) is 4.53. The van der Waals surface area contributed by atoms with Crippen molar-refractivity contribution in [2.45, 2.75) is 122 Å². The second-order valence-corrected chi connectivity index (χ2v) is 8.32. The van der Waals surface area contributed by atoms with Crippen molar-refractivity contribution in [3.8, 4) is 0 Å². The average Bonchev–Trinajstić information content (AvgIpc) is 3.05. The van der Waals surface area contributed by atoms with Gasteiger partial charge in [-0.1, -0.05) is 121 Å². The van der Waals surface area contributed by atoms with Gasteiger partial charge in [0.2, 0.25) is 0 Å². The van der Waals surface area contributed by atoms with Crippen LogP contribution in [0.5, 0.6) is 0 Å². The molecule has 1 aromatic rings. The van der Waals surface area contributed by atoms with E-state index in [1.807, 2.05) is 0 Å². The zero-order valence-electron chi connectivity index (χ0n) is 16.9. The zero-order chi connectivity index (χ0) is 17.6. The molecule has 2 rings (SSSR count). The first-order chi connectivity index (χ1) is 12.4. The van der Waals surface area contributed by atoms with Gasteiger partial charge in [-0.2, -0.15) is 0 Å². The molecule has 0 saturated carbocycles. The molecule has 1 atom stereocenters. The van der Waals surface area contributed by atoms with Crippen LogP contribution in [0.2, 0.25) is 0 Å². The van der Waals surface area contributed by atoms with Crippen molar-refractivity contribution >= 4 is 0 Å². The lowest BCUT2D eigenvalue weighted by atomic mass is 9.94. The summed E-state index contributed by atoms with van der Waals surface area (Å²) in [5, 5.41) is 0. The largest absolute Gasteiger partial charge is 0.0654 e. The number of hydrogen-bond donors (Lipinski definition) is 0. The van der Waals surface area contributed by atoms with Gasteiger partial charge >= 0.3 is 0 Å². The van der Waals surface area contributed by atoms with Gasteiger partial charge in [0.25, 0.3) is 0 Å². The summed E-state index contributed by atoms with van der Waals surface area (Å²) in [4.78, 5) is 0. The Hall–Kier alpha value is -0.780. The molecule has 0 heteroatoms. The number of rotatable bonds is 15. The van der Waals surface area contributed by atoms with Gasteiger partial charge in [-0.3, -0.25) is 0 Å². The summed E-state index contributed by atoms with van der Waals surface area (Å²) in [5.74, 6) is 0.869. The molecule has 0 bridgehead atoms. The number of hydrogen-bond acceptors (Lipinski definition) is 0. The Morgan fingerprint density at radius 3 is 1.80 bits per heavy atom. The molecule has 0 nitrogen and oxygen atoms in total. The maximum atomic E-state index is 2.37. The van der Waals surface area contributed by atoms with Gasteiger partial charge in [-0.05, 0) is 36.3 Å². The van der Waals surface area contributed by atoms with Crippen LogP contribution in [-0.2, 0) is 6.42 Å². The molecule has 0 radical (unpaired) electrons. The summed E-state index contributed by atoms with van der Waals surface area (Å²) in [7, 11) is 0. The highest BCUT2D eigenvalue weighted by Gasteiger charge is 2.20. The quantitative estimate of drug-likeness (QED) is 0.280. The molecule has 0 amide bonds. The van der Waals surface area contributed by atoms with Gasteiger partial charge in [0.05, 0.1) is 0 Å². The van der Waals surface area contributed by atoms with E-state index in [4.69, 9.17) is 0 Å². The van der Waals surface area contributed by atoms with E-state index in [0.29, 0.717) is 0 Å². The summed E-state index contributed by atoms with van der Waals surface area (Å²) in [6, 6.07) is 9.13. The molecule has 1 aromatic carbocycles. The van der Waals surface area contributed by atoms with E-state index >= 15 is 0 Å². The number of aryl methyl sites for hydroxylation is 1. The molecule has 0 unspecified atom stereocenters. The predicted octanol–water partition coefficient (Wildman–Crippen LogP) is 8.59. The van der Waals surface area contributed by atoms with Gasteiger partial charge in [-0.15, -0.1) is 0 Å². The van der Waals surface area contributed by atoms with E-state index in [2.05, 4.69) is 31.2 Å². The molecule has 142 valence electrons. The number of fused-ring (bicyclic) bond motifs is 1. The molecule has 1 aliphatic carbocycles. The third kappa shape index (κ3) is 8.43. The molecular formula is C25H42. The summed E-state index contributed by atoms with van der Waals surface area (Å²) in [5.41, 5.74) is 3.29. The van der Waals surface area contributed by atoms with Crippen LogP contribution >= 0.6 is 0 Å². The molecule has 25 heavy (non-hydrogen) atoms. The van der Waals surface area contributed by atoms with Crippen molar-refractivity contribution < 1.29 is 0 Å². The summed E-state index contributed by atoms with van der Waals surface area (Å²) in [6.45, 7) is 2.30. The van der Waals surface area contributed by atoms with Gasteiger partial charge in [0, 0.05) is 0 Å². The Kier molecular flexibility index (Phi) is 11.0. The van der Waals surface area contributed by atoms with Crippen LogP contribution in [0.25, 0.3) is 0 Å². The normalized spacial score (nSPS) is 16.3. The summed E-state index contributed by atoms with van der Waals surface area (Å²) >= 11 is 0. The predicted molar refractivity (Wildman–Crippen MR) is 112 cm³/mol. The van der Waals surface area contributed by atoms with E-state index in [0.717, 1.165) is 5.92 Å². The zero-order valence-corrected chi connectivity index (χ0v) is 16.9. The lowest BCUT2D eigenvalue weighted by Gasteiger charge is -2.11. The second-order valence-electron chi connectivity index (χ2n) is 8.32. The van der Waals surface area contributed by atoms with Crippen LogP contribution in [0, 0.1) is 0 Å². The van der Waals surface area contributed by atoms with Crippen LogP contribution in [0.1, 0.15) is 127 Å². The highest BCUT2D eigenvalue weighted by Crippen LogP contribution is 2.36. The van der Waals surface area contributed by atoms with Gasteiger partial charge in [0.1, 0.15) is 0 Å². The van der Waals surface area contributed by atoms with Crippen molar-refractivity contribution in [1.82, 2.24) is 0 Å². The third-order valence-corrected chi connectivity index (χ3v) is 6.16. The Morgan fingerprint density at radius 2 is 1.20 bits per heavy atom.